The molecular weight excluding hydrogens is 242 g/mol. The first-order valence-electron chi connectivity index (χ1n) is 6.80. The van der Waals surface area contributed by atoms with Crippen LogP contribution in [0.3, 0.4) is 0 Å². The zero-order valence-corrected chi connectivity index (χ0v) is 11.2. The van der Waals surface area contributed by atoms with Gasteiger partial charge in [-0.05, 0) is 31.4 Å². The predicted octanol–water partition coefficient (Wildman–Crippen LogP) is 1.49. The Labute approximate surface area is 113 Å². The van der Waals surface area contributed by atoms with E-state index < -0.39 is 6.10 Å². The average molecular weight is 263 g/mol. The van der Waals surface area contributed by atoms with Crippen LogP contribution >= 0.6 is 0 Å². The van der Waals surface area contributed by atoms with Crippen molar-refractivity contribution >= 4 is 6.03 Å². The smallest absolute Gasteiger partial charge is 0.315 e. The van der Waals surface area contributed by atoms with Gasteiger partial charge in [-0.3, -0.25) is 4.98 Å². The first-order valence-corrected chi connectivity index (χ1v) is 6.80. The molecule has 0 saturated heterocycles. The summed E-state index contributed by atoms with van der Waals surface area (Å²) in [6.45, 7) is 2.37. The largest absolute Gasteiger partial charge is 0.391 e. The van der Waals surface area contributed by atoms with Crippen LogP contribution in [0.5, 0.6) is 0 Å². The summed E-state index contributed by atoms with van der Waals surface area (Å²) in [5.74, 6) is 0. The van der Waals surface area contributed by atoms with Gasteiger partial charge in [-0.25, -0.2) is 4.79 Å². The molecule has 1 aromatic rings. The second-order valence-electron chi connectivity index (χ2n) is 5.05. The number of hydrogen-bond acceptors (Lipinski definition) is 3. The van der Waals surface area contributed by atoms with Gasteiger partial charge in [0.25, 0.3) is 0 Å². The molecule has 0 aliphatic heterocycles. The third-order valence-electron chi connectivity index (χ3n) is 3.58. The number of aliphatic hydroxyl groups is 1. The number of carbonyl (C=O) groups excluding carboxylic acids is 1. The molecule has 1 heterocycles. The minimum atomic E-state index is -0.420. The van der Waals surface area contributed by atoms with Crippen molar-refractivity contribution in [1.82, 2.24) is 15.6 Å². The summed E-state index contributed by atoms with van der Waals surface area (Å²) in [4.78, 5) is 16.0. The number of rotatable bonds is 3. The van der Waals surface area contributed by atoms with E-state index in [1.54, 1.807) is 6.20 Å². The minimum Gasteiger partial charge on any atom is -0.391 e. The number of nitrogens with zero attached hydrogens (tertiary/aromatic N) is 1. The molecule has 19 heavy (non-hydrogen) atoms. The SMILES string of the molecule is Cc1cccnc1CNC(=O)NC1CCCCC1O. The Hall–Kier alpha value is -1.62. The fourth-order valence-electron chi connectivity index (χ4n) is 2.37. The number of urea groups is 1. The first-order chi connectivity index (χ1) is 9.16. The fourth-order valence-corrected chi connectivity index (χ4v) is 2.37. The van der Waals surface area contributed by atoms with Crippen molar-refractivity contribution in [3.63, 3.8) is 0 Å². The Morgan fingerprint density at radius 1 is 1.47 bits per heavy atom. The molecule has 2 amide bonds. The zero-order valence-electron chi connectivity index (χ0n) is 11.2. The molecule has 0 radical (unpaired) electrons. The topological polar surface area (TPSA) is 74.2 Å². The van der Waals surface area contributed by atoms with Crippen LogP contribution in [0, 0.1) is 6.92 Å². The van der Waals surface area contributed by atoms with Crippen molar-refractivity contribution in [2.75, 3.05) is 0 Å². The average Bonchev–Trinajstić information content (AvgIpc) is 2.40. The van der Waals surface area contributed by atoms with Crippen LogP contribution in [0.25, 0.3) is 0 Å². The number of carbonyl (C=O) groups is 1. The van der Waals surface area contributed by atoms with Gasteiger partial charge < -0.3 is 15.7 Å². The minimum absolute atomic E-state index is 0.126. The predicted molar refractivity (Wildman–Crippen MR) is 72.6 cm³/mol. The Morgan fingerprint density at radius 3 is 3.00 bits per heavy atom. The normalized spacial score (nSPS) is 22.8. The molecule has 2 unspecified atom stereocenters. The number of aromatic nitrogens is 1. The lowest BCUT2D eigenvalue weighted by atomic mass is 9.93. The van der Waals surface area contributed by atoms with Crippen molar-refractivity contribution in [3.05, 3.63) is 29.6 Å². The molecule has 1 fully saturated rings. The van der Waals surface area contributed by atoms with E-state index in [1.165, 1.54) is 0 Å². The lowest BCUT2D eigenvalue weighted by Gasteiger charge is -2.28. The van der Waals surface area contributed by atoms with Crippen LogP contribution in [0.1, 0.15) is 36.9 Å². The maximum Gasteiger partial charge on any atom is 0.315 e. The fraction of sp³-hybridized carbons (Fsp3) is 0.571. The van der Waals surface area contributed by atoms with Gasteiger partial charge in [0.2, 0.25) is 0 Å². The Kier molecular flexibility index (Phi) is 4.74. The highest BCUT2D eigenvalue weighted by molar-refractivity contribution is 5.74. The van der Waals surface area contributed by atoms with Crippen molar-refractivity contribution in [2.45, 2.75) is 51.3 Å². The molecule has 5 heteroatoms. The summed E-state index contributed by atoms with van der Waals surface area (Å²) in [6.07, 6.45) is 5.00. The highest BCUT2D eigenvalue weighted by atomic mass is 16.3. The van der Waals surface area contributed by atoms with Crippen molar-refractivity contribution in [1.29, 1.82) is 0 Å². The summed E-state index contributed by atoms with van der Waals surface area (Å²) in [5, 5.41) is 15.4. The van der Waals surface area contributed by atoms with Crippen LogP contribution in [0.4, 0.5) is 4.79 Å². The van der Waals surface area contributed by atoms with Gasteiger partial charge >= 0.3 is 6.03 Å². The van der Waals surface area contributed by atoms with Crippen molar-refractivity contribution < 1.29 is 9.90 Å². The summed E-state index contributed by atoms with van der Waals surface area (Å²) in [5.41, 5.74) is 1.92. The third kappa shape index (κ3) is 3.92. The van der Waals surface area contributed by atoms with Gasteiger partial charge in [-0.15, -0.1) is 0 Å². The molecule has 1 saturated carbocycles. The second-order valence-corrected chi connectivity index (χ2v) is 5.05. The number of hydrogen-bond donors (Lipinski definition) is 3. The van der Waals surface area contributed by atoms with E-state index in [1.807, 2.05) is 19.1 Å². The molecule has 0 aromatic carbocycles. The van der Waals surface area contributed by atoms with Crippen LogP contribution in [0.15, 0.2) is 18.3 Å². The number of amides is 2. The van der Waals surface area contributed by atoms with Crippen LogP contribution in [-0.4, -0.2) is 28.3 Å². The third-order valence-corrected chi connectivity index (χ3v) is 3.58. The summed E-state index contributed by atoms with van der Waals surface area (Å²) in [7, 11) is 0. The molecule has 1 aliphatic rings. The maximum absolute atomic E-state index is 11.8. The van der Waals surface area contributed by atoms with E-state index in [2.05, 4.69) is 15.6 Å². The molecule has 2 atom stereocenters. The van der Waals surface area contributed by atoms with E-state index in [0.717, 1.165) is 36.9 Å². The van der Waals surface area contributed by atoms with Gasteiger partial charge in [0.15, 0.2) is 0 Å². The maximum atomic E-state index is 11.8. The van der Waals surface area contributed by atoms with E-state index in [9.17, 15) is 9.90 Å². The molecule has 1 aliphatic carbocycles. The van der Waals surface area contributed by atoms with Crippen molar-refractivity contribution in [2.24, 2.45) is 0 Å². The molecule has 3 N–H and O–H groups in total. The standard InChI is InChI=1S/C14H21N3O2/c1-10-5-4-8-15-12(10)9-16-14(19)17-11-6-2-3-7-13(11)18/h4-5,8,11,13,18H,2-3,6-7,9H2,1H3,(H2,16,17,19). The quantitative estimate of drug-likeness (QED) is 0.773. The number of pyridine rings is 1. The molecule has 5 nitrogen and oxygen atoms in total. The number of aryl methyl sites for hydroxylation is 1. The molecule has 2 rings (SSSR count). The molecule has 0 spiro atoms. The lowest BCUT2D eigenvalue weighted by molar-refractivity contribution is 0.0943. The van der Waals surface area contributed by atoms with E-state index in [-0.39, 0.29) is 12.1 Å². The Balaban J connectivity index is 1.80. The van der Waals surface area contributed by atoms with Gasteiger partial charge in [0.1, 0.15) is 0 Å². The second kappa shape index (κ2) is 6.52. The zero-order chi connectivity index (χ0) is 13.7. The molecular formula is C14H21N3O2. The monoisotopic (exact) mass is 263 g/mol. The summed E-state index contributed by atoms with van der Waals surface area (Å²) >= 11 is 0. The summed E-state index contributed by atoms with van der Waals surface area (Å²) < 4.78 is 0. The Morgan fingerprint density at radius 2 is 2.26 bits per heavy atom. The molecule has 0 bridgehead atoms. The highest BCUT2D eigenvalue weighted by Gasteiger charge is 2.24. The van der Waals surface area contributed by atoms with E-state index in [4.69, 9.17) is 0 Å². The number of nitrogens with one attached hydrogen (secondary N) is 2. The van der Waals surface area contributed by atoms with E-state index >= 15 is 0 Å². The van der Waals surface area contributed by atoms with Gasteiger partial charge in [-0.1, -0.05) is 18.9 Å². The van der Waals surface area contributed by atoms with Gasteiger partial charge in [0.05, 0.1) is 24.4 Å². The Bertz CT molecular complexity index is 436. The van der Waals surface area contributed by atoms with Crippen molar-refractivity contribution in [3.8, 4) is 0 Å². The van der Waals surface area contributed by atoms with E-state index in [0.29, 0.717) is 6.54 Å². The lowest BCUT2D eigenvalue weighted by Crippen LogP contribution is -2.48. The van der Waals surface area contributed by atoms with Crippen LogP contribution in [0.2, 0.25) is 0 Å². The van der Waals surface area contributed by atoms with Gasteiger partial charge in [0, 0.05) is 6.20 Å². The highest BCUT2D eigenvalue weighted by Crippen LogP contribution is 2.18. The molecule has 1 aromatic heterocycles. The number of aliphatic hydroxyl groups excluding tert-OH is 1. The van der Waals surface area contributed by atoms with Gasteiger partial charge in [-0.2, -0.15) is 0 Å². The first kappa shape index (κ1) is 13.8. The van der Waals surface area contributed by atoms with Crippen LogP contribution < -0.4 is 10.6 Å². The summed E-state index contributed by atoms with van der Waals surface area (Å²) in [6, 6.07) is 3.47. The van der Waals surface area contributed by atoms with Crippen LogP contribution in [-0.2, 0) is 6.54 Å². The molecule has 104 valence electrons.